The minimum Gasteiger partial charge on any atom is -0.342 e. The van der Waals surface area contributed by atoms with Crippen LogP contribution in [0.3, 0.4) is 0 Å². The number of amides is 1. The van der Waals surface area contributed by atoms with Gasteiger partial charge in [0.1, 0.15) is 12.7 Å². The van der Waals surface area contributed by atoms with Crippen LogP contribution in [0.4, 0.5) is 0 Å². The van der Waals surface area contributed by atoms with Crippen LogP contribution < -0.4 is 5.32 Å². The molecule has 1 N–H and O–H groups in total. The van der Waals surface area contributed by atoms with E-state index >= 15 is 0 Å². The van der Waals surface area contributed by atoms with Gasteiger partial charge in [-0.15, -0.1) is 12.4 Å². The third-order valence-electron chi connectivity index (χ3n) is 6.03. The summed E-state index contributed by atoms with van der Waals surface area (Å²) in [5, 5.41) is 7.73. The number of nitrogens with zero attached hydrogens (tertiary/aromatic N) is 4. The molecule has 2 atom stereocenters. The van der Waals surface area contributed by atoms with Crippen molar-refractivity contribution in [1.29, 1.82) is 0 Å². The van der Waals surface area contributed by atoms with E-state index < -0.39 is 0 Å². The molecular formula is C16H26ClN5O. The fraction of sp³-hybridized carbons (Fsp3) is 0.812. The molecule has 6 nitrogen and oxygen atoms in total. The predicted molar refractivity (Wildman–Crippen MR) is 89.4 cm³/mol. The van der Waals surface area contributed by atoms with Crippen molar-refractivity contribution >= 4 is 18.3 Å². The van der Waals surface area contributed by atoms with Crippen molar-refractivity contribution < 1.29 is 4.79 Å². The average Bonchev–Trinajstić information content (AvgIpc) is 3.24. The van der Waals surface area contributed by atoms with E-state index in [4.69, 9.17) is 0 Å². The molecule has 0 unspecified atom stereocenters. The number of halogens is 1. The zero-order chi connectivity index (χ0) is 15.0. The molecule has 0 radical (unpaired) electrons. The smallest absolute Gasteiger partial charge is 0.230 e. The molecule has 1 aliphatic carbocycles. The standard InChI is InChI=1S/C16H25N5O.ClH/c22-15(16-6-2-1-3-13(16)9-17-10-16)20-7-4-14(5-8-20)21-12-18-11-19-21;/h11-14,17H,1-10H2;1H/t13-,16+;/m0./s1. The lowest BCUT2D eigenvalue weighted by Crippen LogP contribution is -2.52. The maximum atomic E-state index is 13.2. The number of nitrogens with one attached hydrogen (secondary N) is 1. The Morgan fingerprint density at radius 3 is 2.78 bits per heavy atom. The van der Waals surface area contributed by atoms with Crippen LogP contribution in [0.2, 0.25) is 0 Å². The van der Waals surface area contributed by atoms with Gasteiger partial charge in [-0.05, 0) is 38.1 Å². The van der Waals surface area contributed by atoms with Crippen LogP contribution in [0.25, 0.3) is 0 Å². The lowest BCUT2D eigenvalue weighted by atomic mass is 9.67. The Kier molecular flexibility index (Phi) is 4.92. The second-order valence-electron chi connectivity index (χ2n) is 7.13. The first-order valence-electron chi connectivity index (χ1n) is 8.64. The summed E-state index contributed by atoms with van der Waals surface area (Å²) in [7, 11) is 0. The summed E-state index contributed by atoms with van der Waals surface area (Å²) in [5.41, 5.74) is -0.0989. The number of carbonyl (C=O) groups is 1. The summed E-state index contributed by atoms with van der Waals surface area (Å²) >= 11 is 0. The number of hydrogen-bond acceptors (Lipinski definition) is 4. The maximum absolute atomic E-state index is 13.2. The summed E-state index contributed by atoms with van der Waals surface area (Å²) in [6, 6.07) is 0.396. The number of likely N-dealkylation sites (tertiary alicyclic amines) is 1. The normalized spacial score (nSPS) is 31.5. The number of rotatable bonds is 2. The highest BCUT2D eigenvalue weighted by Crippen LogP contribution is 2.45. The van der Waals surface area contributed by atoms with Crippen LogP contribution in [-0.2, 0) is 4.79 Å². The van der Waals surface area contributed by atoms with Gasteiger partial charge in [0.25, 0.3) is 0 Å². The Bertz CT molecular complexity index is 529. The number of aromatic nitrogens is 3. The molecule has 2 saturated heterocycles. The number of carbonyl (C=O) groups excluding carboxylic acids is 1. The molecule has 0 aromatic carbocycles. The van der Waals surface area contributed by atoms with E-state index in [0.29, 0.717) is 17.9 Å². The Hall–Kier alpha value is -1.14. The molecule has 3 fully saturated rings. The molecule has 1 saturated carbocycles. The van der Waals surface area contributed by atoms with E-state index in [0.717, 1.165) is 45.4 Å². The van der Waals surface area contributed by atoms with Gasteiger partial charge in [0.2, 0.25) is 5.91 Å². The lowest BCUT2D eigenvalue weighted by molar-refractivity contribution is -0.146. The minimum atomic E-state index is -0.0989. The van der Waals surface area contributed by atoms with Gasteiger partial charge < -0.3 is 10.2 Å². The molecule has 128 valence electrons. The van der Waals surface area contributed by atoms with Crippen molar-refractivity contribution in [2.45, 2.75) is 44.6 Å². The second-order valence-corrected chi connectivity index (χ2v) is 7.13. The maximum Gasteiger partial charge on any atom is 0.230 e. The van der Waals surface area contributed by atoms with Gasteiger partial charge in [-0.1, -0.05) is 12.8 Å². The van der Waals surface area contributed by atoms with Crippen molar-refractivity contribution in [2.75, 3.05) is 26.2 Å². The summed E-state index contributed by atoms with van der Waals surface area (Å²) in [6.45, 7) is 3.64. The van der Waals surface area contributed by atoms with Crippen molar-refractivity contribution in [3.63, 3.8) is 0 Å². The zero-order valence-electron chi connectivity index (χ0n) is 13.5. The molecule has 3 aliphatic rings. The van der Waals surface area contributed by atoms with Gasteiger partial charge in [-0.3, -0.25) is 4.79 Å². The third-order valence-corrected chi connectivity index (χ3v) is 6.03. The van der Waals surface area contributed by atoms with Crippen molar-refractivity contribution in [3.8, 4) is 0 Å². The molecule has 2 aliphatic heterocycles. The molecule has 1 aromatic heterocycles. The Morgan fingerprint density at radius 2 is 2.04 bits per heavy atom. The molecule has 0 spiro atoms. The van der Waals surface area contributed by atoms with E-state index in [-0.39, 0.29) is 17.8 Å². The minimum absolute atomic E-state index is 0. The van der Waals surface area contributed by atoms with Gasteiger partial charge in [-0.25, -0.2) is 9.67 Å². The first-order valence-corrected chi connectivity index (χ1v) is 8.64. The molecule has 23 heavy (non-hydrogen) atoms. The third kappa shape index (κ3) is 2.87. The highest BCUT2D eigenvalue weighted by molar-refractivity contribution is 5.85. The summed E-state index contributed by atoms with van der Waals surface area (Å²) in [6.07, 6.45) is 10.1. The molecule has 4 rings (SSSR count). The second kappa shape index (κ2) is 6.77. The highest BCUT2D eigenvalue weighted by Gasteiger charge is 2.51. The Balaban J connectivity index is 0.00000156. The number of fused-ring (bicyclic) bond motifs is 1. The predicted octanol–water partition coefficient (Wildman–Crippen LogP) is 1.64. The van der Waals surface area contributed by atoms with Crippen LogP contribution in [0.1, 0.15) is 44.6 Å². The van der Waals surface area contributed by atoms with E-state index in [9.17, 15) is 4.79 Å². The molecular weight excluding hydrogens is 314 g/mol. The first kappa shape index (κ1) is 16.7. The molecule has 3 heterocycles. The van der Waals surface area contributed by atoms with Crippen LogP contribution >= 0.6 is 12.4 Å². The van der Waals surface area contributed by atoms with Crippen molar-refractivity contribution in [1.82, 2.24) is 25.0 Å². The topological polar surface area (TPSA) is 63.1 Å². The first-order chi connectivity index (χ1) is 10.8. The SMILES string of the molecule is Cl.O=C(N1CCC(n2cncn2)CC1)[C@@]12CCCC[C@H]1CNC2. The van der Waals surface area contributed by atoms with Crippen LogP contribution in [0.5, 0.6) is 0 Å². The van der Waals surface area contributed by atoms with Gasteiger partial charge in [0.05, 0.1) is 11.5 Å². The van der Waals surface area contributed by atoms with E-state index in [2.05, 4.69) is 20.3 Å². The van der Waals surface area contributed by atoms with Gasteiger partial charge in [0, 0.05) is 19.6 Å². The molecule has 1 aromatic rings. The molecule has 1 amide bonds. The van der Waals surface area contributed by atoms with Gasteiger partial charge >= 0.3 is 0 Å². The quantitative estimate of drug-likeness (QED) is 0.889. The Morgan fingerprint density at radius 1 is 1.22 bits per heavy atom. The van der Waals surface area contributed by atoms with Crippen molar-refractivity contribution in [2.24, 2.45) is 11.3 Å². The van der Waals surface area contributed by atoms with E-state index in [1.54, 1.807) is 12.7 Å². The average molecular weight is 340 g/mol. The van der Waals surface area contributed by atoms with E-state index in [1.165, 1.54) is 19.3 Å². The number of hydrogen-bond donors (Lipinski definition) is 1. The highest BCUT2D eigenvalue weighted by atomic mass is 35.5. The fourth-order valence-corrected chi connectivity index (χ4v) is 4.72. The van der Waals surface area contributed by atoms with Crippen LogP contribution in [0, 0.1) is 11.3 Å². The van der Waals surface area contributed by atoms with Gasteiger partial charge in [-0.2, -0.15) is 5.10 Å². The Labute approximate surface area is 143 Å². The lowest BCUT2D eigenvalue weighted by Gasteiger charge is -2.43. The summed E-state index contributed by atoms with van der Waals surface area (Å²) in [5.74, 6) is 0.973. The summed E-state index contributed by atoms with van der Waals surface area (Å²) < 4.78 is 1.95. The fourth-order valence-electron chi connectivity index (χ4n) is 4.72. The summed E-state index contributed by atoms with van der Waals surface area (Å²) in [4.78, 5) is 19.4. The molecule has 7 heteroatoms. The molecule has 0 bridgehead atoms. The van der Waals surface area contributed by atoms with Gasteiger partial charge in [0.15, 0.2) is 0 Å². The monoisotopic (exact) mass is 339 g/mol. The number of piperidine rings is 1. The van der Waals surface area contributed by atoms with Crippen LogP contribution in [-0.4, -0.2) is 51.8 Å². The zero-order valence-corrected chi connectivity index (χ0v) is 14.3. The largest absolute Gasteiger partial charge is 0.342 e. The van der Waals surface area contributed by atoms with Crippen molar-refractivity contribution in [3.05, 3.63) is 12.7 Å². The van der Waals surface area contributed by atoms with Crippen LogP contribution in [0.15, 0.2) is 12.7 Å². The van der Waals surface area contributed by atoms with E-state index in [1.807, 2.05) is 4.68 Å².